The summed E-state index contributed by atoms with van der Waals surface area (Å²) in [5, 5.41) is 0.590. The number of benzene rings is 1. The normalized spacial score (nSPS) is 12.0. The molecule has 1 aromatic rings. The third kappa shape index (κ3) is 4.31. The number of methoxy groups -OCH3 is 1. The van der Waals surface area contributed by atoms with Gasteiger partial charge < -0.3 is 4.74 Å². The lowest BCUT2D eigenvalue weighted by Crippen LogP contribution is -2.35. The summed E-state index contributed by atoms with van der Waals surface area (Å²) in [5.74, 6) is 0. The van der Waals surface area contributed by atoms with Crippen molar-refractivity contribution in [2.24, 2.45) is 0 Å². The number of hydrogen-bond acceptors (Lipinski definition) is 3. The van der Waals surface area contributed by atoms with Crippen LogP contribution in [-0.4, -0.2) is 44.9 Å². The second-order valence-corrected chi connectivity index (χ2v) is 7.19. The van der Waals surface area contributed by atoms with E-state index in [9.17, 15) is 8.42 Å². The minimum absolute atomic E-state index is 0.294. The number of hydrogen-bond donors (Lipinski definition) is 0. The van der Waals surface area contributed by atoms with Gasteiger partial charge in [-0.25, -0.2) is 8.42 Å². The third-order valence-corrected chi connectivity index (χ3v) is 5.13. The second-order valence-electron chi connectivity index (χ2n) is 3.54. The zero-order valence-corrected chi connectivity index (χ0v) is 14.0. The molecule has 0 saturated heterocycles. The summed E-state index contributed by atoms with van der Waals surface area (Å²) in [6, 6.07) is 6.62. The Morgan fingerprint density at radius 2 is 1.83 bits per heavy atom. The molecule has 0 aliphatic carbocycles. The van der Waals surface area contributed by atoms with Crippen LogP contribution in [0.15, 0.2) is 33.6 Å². The predicted octanol–water partition coefficient (Wildman–Crippen LogP) is 2.48. The number of alkyl halides is 1. The van der Waals surface area contributed by atoms with Gasteiger partial charge in [0.05, 0.1) is 11.5 Å². The lowest BCUT2D eigenvalue weighted by atomic mass is 10.4. The maximum Gasteiger partial charge on any atom is 0.243 e. The van der Waals surface area contributed by atoms with Crippen LogP contribution in [0.5, 0.6) is 0 Å². The molecule has 0 heterocycles. The molecule has 0 radical (unpaired) electrons. The number of ether oxygens (including phenoxy) is 1. The molecule has 4 nitrogen and oxygen atoms in total. The highest BCUT2D eigenvalue weighted by molar-refractivity contribution is 9.10. The highest BCUT2D eigenvalue weighted by Gasteiger charge is 2.23. The molecule has 0 bridgehead atoms. The van der Waals surface area contributed by atoms with Crippen molar-refractivity contribution in [2.75, 3.05) is 32.1 Å². The van der Waals surface area contributed by atoms with Crippen molar-refractivity contribution in [1.82, 2.24) is 4.31 Å². The van der Waals surface area contributed by atoms with E-state index in [0.717, 1.165) is 4.47 Å². The highest BCUT2D eigenvalue weighted by Crippen LogP contribution is 2.18. The van der Waals surface area contributed by atoms with E-state index in [1.165, 1.54) is 4.31 Å². The molecule has 0 saturated carbocycles. The van der Waals surface area contributed by atoms with Crippen LogP contribution in [0, 0.1) is 0 Å². The van der Waals surface area contributed by atoms with Crippen molar-refractivity contribution < 1.29 is 13.2 Å². The Balaban J connectivity index is 2.96. The fourth-order valence-corrected chi connectivity index (χ4v) is 3.75. The van der Waals surface area contributed by atoms with Gasteiger partial charge in [0, 0.05) is 30.0 Å². The largest absolute Gasteiger partial charge is 0.383 e. The second kappa shape index (κ2) is 7.59. The summed E-state index contributed by atoms with van der Waals surface area (Å²) < 4.78 is 32.0. The minimum atomic E-state index is -3.45. The zero-order chi connectivity index (χ0) is 13.6. The average Bonchev–Trinajstić information content (AvgIpc) is 2.35. The van der Waals surface area contributed by atoms with E-state index >= 15 is 0 Å². The van der Waals surface area contributed by atoms with Crippen LogP contribution in [0.2, 0.25) is 0 Å². The average molecular weight is 401 g/mol. The van der Waals surface area contributed by atoms with Gasteiger partial charge in [-0.1, -0.05) is 31.9 Å². The van der Waals surface area contributed by atoms with E-state index in [-0.39, 0.29) is 0 Å². The summed E-state index contributed by atoms with van der Waals surface area (Å²) in [4.78, 5) is 0.294. The molecule has 0 amide bonds. The molecule has 0 aliphatic heterocycles. The number of nitrogens with zero attached hydrogens (tertiary/aromatic N) is 1. The molecular weight excluding hydrogens is 386 g/mol. The molecule has 102 valence electrons. The van der Waals surface area contributed by atoms with Gasteiger partial charge in [-0.2, -0.15) is 4.31 Å². The van der Waals surface area contributed by atoms with Crippen LogP contribution >= 0.6 is 31.9 Å². The molecule has 18 heavy (non-hydrogen) atoms. The fourth-order valence-electron chi connectivity index (χ4n) is 1.40. The molecule has 0 N–H and O–H groups in total. The molecule has 0 atom stereocenters. The van der Waals surface area contributed by atoms with Crippen LogP contribution in [0.1, 0.15) is 0 Å². The topological polar surface area (TPSA) is 46.6 Å². The highest BCUT2D eigenvalue weighted by atomic mass is 79.9. The summed E-state index contributed by atoms with van der Waals surface area (Å²) in [6.45, 7) is 1.14. The van der Waals surface area contributed by atoms with E-state index in [1.807, 2.05) is 0 Å². The Labute approximate surface area is 125 Å². The maximum absolute atomic E-state index is 12.4. The Hall–Kier alpha value is 0.0500. The van der Waals surface area contributed by atoms with Crippen LogP contribution in [-0.2, 0) is 14.8 Å². The quantitative estimate of drug-likeness (QED) is 0.660. The Kier molecular flexibility index (Phi) is 6.79. The van der Waals surface area contributed by atoms with E-state index in [0.29, 0.717) is 29.9 Å². The van der Waals surface area contributed by atoms with Gasteiger partial charge in [-0.3, -0.25) is 0 Å². The number of halogens is 2. The van der Waals surface area contributed by atoms with Gasteiger partial charge in [0.1, 0.15) is 0 Å². The lowest BCUT2D eigenvalue weighted by molar-refractivity contribution is 0.181. The molecule has 0 aromatic heterocycles. The first kappa shape index (κ1) is 16.1. The molecule has 0 spiro atoms. The Morgan fingerprint density at radius 3 is 2.33 bits per heavy atom. The molecule has 0 fully saturated rings. The summed E-state index contributed by atoms with van der Waals surface area (Å²) in [6.07, 6.45) is 0. The standard InChI is InChI=1S/C11H15Br2NO3S/c1-17-9-8-14(7-6-12)18(15,16)11-4-2-10(13)3-5-11/h2-5H,6-9H2,1H3. The van der Waals surface area contributed by atoms with E-state index in [1.54, 1.807) is 31.4 Å². The zero-order valence-electron chi connectivity index (χ0n) is 9.97. The predicted molar refractivity (Wildman–Crippen MR) is 78.6 cm³/mol. The van der Waals surface area contributed by atoms with Crippen molar-refractivity contribution in [3.8, 4) is 0 Å². The monoisotopic (exact) mass is 399 g/mol. The van der Waals surface area contributed by atoms with Crippen LogP contribution in [0.3, 0.4) is 0 Å². The van der Waals surface area contributed by atoms with Crippen LogP contribution < -0.4 is 0 Å². The molecule has 7 heteroatoms. The van der Waals surface area contributed by atoms with Crippen molar-refractivity contribution in [2.45, 2.75) is 4.90 Å². The SMILES string of the molecule is COCCN(CCBr)S(=O)(=O)c1ccc(Br)cc1. The van der Waals surface area contributed by atoms with Gasteiger partial charge in [0.2, 0.25) is 10.0 Å². The van der Waals surface area contributed by atoms with E-state index in [4.69, 9.17) is 4.74 Å². The number of rotatable bonds is 7. The summed E-state index contributed by atoms with van der Waals surface area (Å²) in [7, 11) is -1.90. The fraction of sp³-hybridized carbons (Fsp3) is 0.455. The molecule has 0 unspecified atom stereocenters. The first-order valence-corrected chi connectivity index (χ1v) is 8.68. The van der Waals surface area contributed by atoms with Gasteiger partial charge >= 0.3 is 0 Å². The Bertz CT molecular complexity index is 462. The van der Waals surface area contributed by atoms with Gasteiger partial charge in [-0.05, 0) is 24.3 Å². The van der Waals surface area contributed by atoms with Crippen LogP contribution in [0.4, 0.5) is 0 Å². The maximum atomic E-state index is 12.4. The van der Waals surface area contributed by atoms with Gasteiger partial charge in [0.15, 0.2) is 0 Å². The van der Waals surface area contributed by atoms with E-state index < -0.39 is 10.0 Å². The minimum Gasteiger partial charge on any atom is -0.383 e. The van der Waals surface area contributed by atoms with Crippen molar-refractivity contribution in [1.29, 1.82) is 0 Å². The molecular formula is C11H15Br2NO3S. The first-order chi connectivity index (χ1) is 8.52. The Morgan fingerprint density at radius 1 is 1.22 bits per heavy atom. The van der Waals surface area contributed by atoms with E-state index in [2.05, 4.69) is 31.9 Å². The first-order valence-electron chi connectivity index (χ1n) is 5.33. The van der Waals surface area contributed by atoms with Crippen molar-refractivity contribution >= 4 is 41.9 Å². The third-order valence-electron chi connectivity index (χ3n) is 2.33. The van der Waals surface area contributed by atoms with Crippen molar-refractivity contribution in [3.05, 3.63) is 28.7 Å². The van der Waals surface area contributed by atoms with Gasteiger partial charge in [0.25, 0.3) is 0 Å². The number of sulfonamides is 1. The summed E-state index contributed by atoms with van der Waals surface area (Å²) in [5.41, 5.74) is 0. The van der Waals surface area contributed by atoms with Crippen LogP contribution in [0.25, 0.3) is 0 Å². The lowest BCUT2D eigenvalue weighted by Gasteiger charge is -2.20. The smallest absolute Gasteiger partial charge is 0.243 e. The molecule has 1 rings (SSSR count). The van der Waals surface area contributed by atoms with Gasteiger partial charge in [-0.15, -0.1) is 0 Å². The van der Waals surface area contributed by atoms with Crippen molar-refractivity contribution in [3.63, 3.8) is 0 Å². The molecule has 0 aliphatic rings. The molecule has 1 aromatic carbocycles. The summed E-state index contributed by atoms with van der Waals surface area (Å²) >= 11 is 6.55.